The van der Waals surface area contributed by atoms with E-state index in [4.69, 9.17) is 5.26 Å². The minimum Gasteiger partial charge on any atom is -0.295 e. The molecule has 108 valence electrons. The van der Waals surface area contributed by atoms with Gasteiger partial charge in [0.1, 0.15) is 0 Å². The Labute approximate surface area is 119 Å². The molecule has 0 heterocycles. The third kappa shape index (κ3) is 3.89. The molecule has 0 radical (unpaired) electrons. The zero-order valence-electron chi connectivity index (χ0n) is 11.7. The number of benzene rings is 1. The molecule has 0 saturated heterocycles. The van der Waals surface area contributed by atoms with Crippen molar-refractivity contribution in [1.82, 2.24) is 4.31 Å². The molecule has 0 fully saturated rings. The van der Waals surface area contributed by atoms with Crippen LogP contribution in [0.2, 0.25) is 0 Å². The van der Waals surface area contributed by atoms with Crippen molar-refractivity contribution in [2.24, 2.45) is 0 Å². The Morgan fingerprint density at radius 2 is 1.85 bits per heavy atom. The maximum absolute atomic E-state index is 12.4. The van der Waals surface area contributed by atoms with Gasteiger partial charge in [0.15, 0.2) is 5.78 Å². The van der Waals surface area contributed by atoms with Gasteiger partial charge in [-0.05, 0) is 25.5 Å². The number of carbonyl (C=O) groups is 1. The lowest BCUT2D eigenvalue weighted by molar-refractivity contribution is 0.101. The van der Waals surface area contributed by atoms with Crippen molar-refractivity contribution in [2.75, 3.05) is 13.1 Å². The summed E-state index contributed by atoms with van der Waals surface area (Å²) in [6, 6.07) is 7.82. The average molecular weight is 294 g/mol. The van der Waals surface area contributed by atoms with Crippen molar-refractivity contribution < 1.29 is 13.2 Å². The minimum absolute atomic E-state index is 0.108. The lowest BCUT2D eigenvalue weighted by Gasteiger charge is -2.20. The fourth-order valence-electron chi connectivity index (χ4n) is 1.79. The van der Waals surface area contributed by atoms with Gasteiger partial charge in [0.25, 0.3) is 0 Å². The van der Waals surface area contributed by atoms with Crippen LogP contribution in [0.4, 0.5) is 0 Å². The van der Waals surface area contributed by atoms with Crippen LogP contribution in [0, 0.1) is 11.3 Å². The predicted molar refractivity (Wildman–Crippen MR) is 75.7 cm³/mol. The van der Waals surface area contributed by atoms with E-state index in [0.29, 0.717) is 18.5 Å². The van der Waals surface area contributed by atoms with Crippen LogP contribution in [-0.4, -0.2) is 31.6 Å². The first-order valence-corrected chi connectivity index (χ1v) is 7.85. The molecule has 0 saturated carbocycles. The Morgan fingerprint density at radius 1 is 1.25 bits per heavy atom. The lowest BCUT2D eigenvalue weighted by atomic mass is 10.2. The number of nitrogens with zero attached hydrogens (tertiary/aromatic N) is 2. The lowest BCUT2D eigenvalue weighted by Crippen LogP contribution is -2.32. The summed E-state index contributed by atoms with van der Waals surface area (Å²) in [6.45, 7) is 3.87. The fraction of sp³-hybridized carbons (Fsp3) is 0.429. The molecule has 1 aromatic rings. The number of hydrogen-bond donors (Lipinski definition) is 0. The summed E-state index contributed by atoms with van der Waals surface area (Å²) in [4.78, 5) is 11.3. The third-order valence-electron chi connectivity index (χ3n) is 2.84. The van der Waals surface area contributed by atoms with Crippen molar-refractivity contribution in [3.63, 3.8) is 0 Å². The topological polar surface area (TPSA) is 78.2 Å². The molecular weight excluding hydrogens is 276 g/mol. The number of Topliss-reactive ketones (excluding diaryl/α,β-unsaturated/α-hetero) is 1. The number of ketones is 1. The number of nitriles is 1. The number of rotatable bonds is 7. The first-order chi connectivity index (χ1) is 9.43. The van der Waals surface area contributed by atoms with Crippen LogP contribution in [0.3, 0.4) is 0 Å². The van der Waals surface area contributed by atoms with E-state index >= 15 is 0 Å². The maximum Gasteiger partial charge on any atom is 0.243 e. The van der Waals surface area contributed by atoms with Crippen LogP contribution in [0.5, 0.6) is 0 Å². The van der Waals surface area contributed by atoms with E-state index in [1.807, 2.05) is 13.0 Å². The first-order valence-electron chi connectivity index (χ1n) is 6.41. The molecule has 0 spiro atoms. The van der Waals surface area contributed by atoms with E-state index in [0.717, 1.165) is 0 Å². The van der Waals surface area contributed by atoms with Crippen LogP contribution >= 0.6 is 0 Å². The minimum atomic E-state index is -3.61. The van der Waals surface area contributed by atoms with E-state index in [2.05, 4.69) is 0 Å². The molecule has 5 nitrogen and oxygen atoms in total. The van der Waals surface area contributed by atoms with Gasteiger partial charge < -0.3 is 0 Å². The van der Waals surface area contributed by atoms with E-state index in [1.54, 1.807) is 0 Å². The Balaban J connectivity index is 3.06. The van der Waals surface area contributed by atoms with Crippen molar-refractivity contribution >= 4 is 15.8 Å². The Morgan fingerprint density at radius 3 is 2.30 bits per heavy atom. The predicted octanol–water partition coefficient (Wildman–Crippen LogP) is 2.20. The zero-order valence-corrected chi connectivity index (χ0v) is 12.5. The average Bonchev–Trinajstić information content (AvgIpc) is 2.43. The van der Waals surface area contributed by atoms with Crippen LogP contribution in [0.15, 0.2) is 29.2 Å². The largest absolute Gasteiger partial charge is 0.295 e. The van der Waals surface area contributed by atoms with Crippen LogP contribution < -0.4 is 0 Å². The van der Waals surface area contributed by atoms with Gasteiger partial charge in [-0.1, -0.05) is 19.1 Å². The van der Waals surface area contributed by atoms with Gasteiger partial charge in [0, 0.05) is 25.1 Å². The normalized spacial score (nSPS) is 11.3. The molecule has 0 aliphatic heterocycles. The standard InChI is InChI=1S/C14H18N2O3S/c1-3-10-16(11-4-9-15)20(18,19)14-7-5-13(6-8-14)12(2)17/h5-8H,3-4,10-11H2,1-2H3. The molecule has 6 heteroatoms. The second kappa shape index (κ2) is 7.17. The van der Waals surface area contributed by atoms with Gasteiger partial charge >= 0.3 is 0 Å². The maximum atomic E-state index is 12.4. The van der Waals surface area contributed by atoms with Gasteiger partial charge in [-0.3, -0.25) is 4.79 Å². The summed E-state index contributed by atoms with van der Waals surface area (Å²) in [5, 5.41) is 8.61. The number of carbonyl (C=O) groups excluding carboxylic acids is 1. The highest BCUT2D eigenvalue weighted by Crippen LogP contribution is 2.17. The molecule has 20 heavy (non-hydrogen) atoms. The van der Waals surface area contributed by atoms with Crippen molar-refractivity contribution in [3.8, 4) is 6.07 Å². The highest BCUT2D eigenvalue weighted by atomic mass is 32.2. The molecule has 0 aliphatic carbocycles. The van der Waals surface area contributed by atoms with Gasteiger partial charge in [0.05, 0.1) is 11.0 Å². The first kappa shape index (κ1) is 16.3. The monoisotopic (exact) mass is 294 g/mol. The highest BCUT2D eigenvalue weighted by Gasteiger charge is 2.23. The number of hydrogen-bond acceptors (Lipinski definition) is 4. The van der Waals surface area contributed by atoms with Crippen LogP contribution in [-0.2, 0) is 10.0 Å². The zero-order chi connectivity index (χ0) is 15.2. The highest BCUT2D eigenvalue weighted by molar-refractivity contribution is 7.89. The van der Waals surface area contributed by atoms with Crippen molar-refractivity contribution in [2.45, 2.75) is 31.6 Å². The summed E-state index contributed by atoms with van der Waals surface area (Å²) >= 11 is 0. The molecule has 0 aromatic heterocycles. The molecule has 0 unspecified atom stereocenters. The van der Waals surface area contributed by atoms with Crippen molar-refractivity contribution in [3.05, 3.63) is 29.8 Å². The molecule has 1 rings (SSSR count). The van der Waals surface area contributed by atoms with Crippen LogP contribution in [0.1, 0.15) is 37.0 Å². The van der Waals surface area contributed by atoms with Gasteiger partial charge in [0.2, 0.25) is 10.0 Å². The van der Waals surface area contributed by atoms with Crippen LogP contribution in [0.25, 0.3) is 0 Å². The van der Waals surface area contributed by atoms with Gasteiger partial charge in [-0.2, -0.15) is 9.57 Å². The fourth-order valence-corrected chi connectivity index (χ4v) is 3.32. The van der Waals surface area contributed by atoms with Gasteiger partial charge in [-0.25, -0.2) is 8.42 Å². The molecule has 0 atom stereocenters. The Kier molecular flexibility index (Phi) is 5.86. The van der Waals surface area contributed by atoms with E-state index < -0.39 is 10.0 Å². The summed E-state index contributed by atoms with van der Waals surface area (Å²) in [5.74, 6) is -0.108. The second-order valence-corrected chi connectivity index (χ2v) is 6.33. The summed E-state index contributed by atoms with van der Waals surface area (Å²) in [6.07, 6.45) is 0.834. The van der Waals surface area contributed by atoms with Crippen molar-refractivity contribution in [1.29, 1.82) is 5.26 Å². The summed E-state index contributed by atoms with van der Waals surface area (Å²) < 4.78 is 26.2. The third-order valence-corrected chi connectivity index (χ3v) is 4.76. The number of sulfonamides is 1. The molecule has 0 N–H and O–H groups in total. The molecule has 0 amide bonds. The van der Waals surface area contributed by atoms with E-state index in [-0.39, 0.29) is 23.6 Å². The molecular formula is C14H18N2O3S. The summed E-state index contributed by atoms with van der Waals surface area (Å²) in [7, 11) is -3.61. The smallest absolute Gasteiger partial charge is 0.243 e. The van der Waals surface area contributed by atoms with E-state index in [1.165, 1.54) is 35.5 Å². The Bertz CT molecular complexity index is 600. The quantitative estimate of drug-likeness (QED) is 0.722. The molecule has 1 aromatic carbocycles. The molecule has 0 aliphatic rings. The second-order valence-electron chi connectivity index (χ2n) is 4.39. The summed E-state index contributed by atoms with van der Waals surface area (Å²) in [5.41, 5.74) is 0.475. The van der Waals surface area contributed by atoms with Gasteiger partial charge in [-0.15, -0.1) is 0 Å². The Hall–Kier alpha value is -1.71. The SMILES string of the molecule is CCCN(CCC#N)S(=O)(=O)c1ccc(C(C)=O)cc1. The van der Waals surface area contributed by atoms with E-state index in [9.17, 15) is 13.2 Å². The molecule has 0 bridgehead atoms.